The number of hydrogen-bond donors (Lipinski definition) is 1. The van der Waals surface area contributed by atoms with E-state index in [-0.39, 0.29) is 24.5 Å². The van der Waals surface area contributed by atoms with E-state index in [2.05, 4.69) is 14.5 Å². The minimum Gasteiger partial charge on any atom is -0.469 e. The summed E-state index contributed by atoms with van der Waals surface area (Å²) in [7, 11) is 2.58. The Hall–Kier alpha value is -2.31. The molecular formula is C16H23NO6. The Morgan fingerprint density at radius 2 is 1.70 bits per heavy atom. The summed E-state index contributed by atoms with van der Waals surface area (Å²) in [6, 6.07) is 0. The van der Waals surface area contributed by atoms with Crippen LogP contribution in [-0.2, 0) is 36.6 Å². The fourth-order valence-corrected chi connectivity index (χ4v) is 1.99. The summed E-state index contributed by atoms with van der Waals surface area (Å²) in [5.41, 5.74) is 0.707. The van der Waals surface area contributed by atoms with E-state index < -0.39 is 17.5 Å². The van der Waals surface area contributed by atoms with Crippen LogP contribution in [0.2, 0.25) is 0 Å². The second kappa shape index (κ2) is 7.80. The Kier molecular flexibility index (Phi) is 6.36. The van der Waals surface area contributed by atoms with Crippen molar-refractivity contribution < 1.29 is 28.6 Å². The third-order valence-corrected chi connectivity index (χ3v) is 3.06. The number of H-pyrrole nitrogens is 1. The van der Waals surface area contributed by atoms with Gasteiger partial charge in [-0.1, -0.05) is 0 Å². The highest BCUT2D eigenvalue weighted by Gasteiger charge is 2.25. The average molecular weight is 325 g/mol. The molecule has 1 aromatic heterocycles. The van der Waals surface area contributed by atoms with Gasteiger partial charge in [0.05, 0.1) is 20.6 Å². The highest BCUT2D eigenvalue weighted by molar-refractivity contribution is 5.91. The van der Waals surface area contributed by atoms with Gasteiger partial charge < -0.3 is 19.2 Å². The van der Waals surface area contributed by atoms with Crippen LogP contribution in [0.4, 0.5) is 0 Å². The van der Waals surface area contributed by atoms with Crippen molar-refractivity contribution in [2.24, 2.45) is 0 Å². The van der Waals surface area contributed by atoms with Crippen molar-refractivity contribution in [3.05, 3.63) is 23.0 Å². The largest absolute Gasteiger partial charge is 0.469 e. The molecule has 7 heteroatoms. The number of carbonyl (C=O) groups is 3. The maximum Gasteiger partial charge on any atom is 0.355 e. The Labute approximate surface area is 135 Å². The van der Waals surface area contributed by atoms with Crippen LogP contribution >= 0.6 is 0 Å². The molecule has 0 radical (unpaired) electrons. The van der Waals surface area contributed by atoms with Crippen molar-refractivity contribution >= 4 is 17.9 Å². The molecule has 0 saturated carbocycles. The molecule has 0 aliphatic carbocycles. The first-order valence-corrected chi connectivity index (χ1v) is 7.24. The van der Waals surface area contributed by atoms with Gasteiger partial charge in [-0.15, -0.1) is 0 Å². The summed E-state index contributed by atoms with van der Waals surface area (Å²) in [4.78, 5) is 38.0. The molecule has 23 heavy (non-hydrogen) atoms. The summed E-state index contributed by atoms with van der Waals surface area (Å²) in [6.07, 6.45) is 2.01. The van der Waals surface area contributed by atoms with Crippen molar-refractivity contribution in [1.29, 1.82) is 0 Å². The number of aryl methyl sites for hydroxylation is 1. The second-order valence-electron chi connectivity index (χ2n) is 6.00. The SMILES string of the molecule is COC(=O)CCc1c[nH]c(C(=O)OC(C)(C)C)c1CC(=O)OC. The van der Waals surface area contributed by atoms with E-state index in [0.717, 1.165) is 0 Å². The van der Waals surface area contributed by atoms with E-state index >= 15 is 0 Å². The zero-order chi connectivity index (χ0) is 17.6. The molecule has 1 heterocycles. The minimum absolute atomic E-state index is 0.0783. The molecule has 0 aromatic carbocycles. The maximum atomic E-state index is 12.3. The summed E-state index contributed by atoms with van der Waals surface area (Å²) in [6.45, 7) is 5.27. The Morgan fingerprint density at radius 1 is 1.09 bits per heavy atom. The highest BCUT2D eigenvalue weighted by Crippen LogP contribution is 2.21. The number of methoxy groups -OCH3 is 2. The molecule has 0 spiro atoms. The molecular weight excluding hydrogens is 302 g/mol. The van der Waals surface area contributed by atoms with Gasteiger partial charge >= 0.3 is 17.9 Å². The van der Waals surface area contributed by atoms with Gasteiger partial charge in [0.2, 0.25) is 0 Å². The maximum absolute atomic E-state index is 12.3. The lowest BCUT2D eigenvalue weighted by Crippen LogP contribution is -2.25. The lowest BCUT2D eigenvalue weighted by molar-refractivity contribution is -0.141. The lowest BCUT2D eigenvalue weighted by Gasteiger charge is -2.19. The Bertz CT molecular complexity index is 582. The number of esters is 3. The molecule has 0 amide bonds. The summed E-state index contributed by atoms with van der Waals surface area (Å²) in [5.74, 6) is -1.40. The lowest BCUT2D eigenvalue weighted by atomic mass is 10.0. The molecule has 0 atom stereocenters. The number of hydrogen-bond acceptors (Lipinski definition) is 6. The van der Waals surface area contributed by atoms with E-state index in [1.807, 2.05) is 0 Å². The van der Waals surface area contributed by atoms with Gasteiger partial charge in [0.15, 0.2) is 0 Å². The minimum atomic E-state index is -0.656. The number of aromatic nitrogens is 1. The third-order valence-electron chi connectivity index (χ3n) is 3.06. The first-order valence-electron chi connectivity index (χ1n) is 7.24. The van der Waals surface area contributed by atoms with Crippen molar-refractivity contribution in [3.8, 4) is 0 Å². The van der Waals surface area contributed by atoms with Crippen LogP contribution in [0, 0.1) is 0 Å². The number of nitrogens with one attached hydrogen (secondary N) is 1. The van der Waals surface area contributed by atoms with Crippen LogP contribution in [0.1, 0.15) is 48.8 Å². The van der Waals surface area contributed by atoms with E-state index in [0.29, 0.717) is 17.5 Å². The molecule has 7 nitrogen and oxygen atoms in total. The van der Waals surface area contributed by atoms with E-state index in [1.165, 1.54) is 14.2 Å². The first kappa shape index (κ1) is 18.7. The second-order valence-corrected chi connectivity index (χ2v) is 6.00. The van der Waals surface area contributed by atoms with Gasteiger partial charge in [-0.3, -0.25) is 9.59 Å². The van der Waals surface area contributed by atoms with Gasteiger partial charge in [0, 0.05) is 12.6 Å². The molecule has 0 fully saturated rings. The standard InChI is InChI=1S/C16H23NO6/c1-16(2,3)23-15(20)14-11(8-13(19)22-5)10(9-17-14)6-7-12(18)21-4/h9,17H,6-8H2,1-5H3. The quantitative estimate of drug-likeness (QED) is 0.633. The van der Waals surface area contributed by atoms with Gasteiger partial charge in [0.1, 0.15) is 11.3 Å². The van der Waals surface area contributed by atoms with Crippen LogP contribution in [0.25, 0.3) is 0 Å². The Balaban J connectivity index is 3.05. The zero-order valence-electron chi connectivity index (χ0n) is 14.1. The van der Waals surface area contributed by atoms with Crippen LogP contribution in [-0.4, -0.2) is 42.7 Å². The predicted octanol–water partition coefficient (Wildman–Crippen LogP) is 1.79. The van der Waals surface area contributed by atoms with Crippen LogP contribution in [0.15, 0.2) is 6.20 Å². The fraction of sp³-hybridized carbons (Fsp3) is 0.562. The highest BCUT2D eigenvalue weighted by atomic mass is 16.6. The van der Waals surface area contributed by atoms with Crippen molar-refractivity contribution in [2.45, 2.75) is 45.6 Å². The van der Waals surface area contributed by atoms with E-state index in [4.69, 9.17) is 4.74 Å². The van der Waals surface area contributed by atoms with Crippen molar-refractivity contribution in [1.82, 2.24) is 4.98 Å². The predicted molar refractivity (Wildman–Crippen MR) is 82.0 cm³/mol. The molecule has 0 aliphatic rings. The number of carbonyl (C=O) groups excluding carboxylic acids is 3. The molecule has 0 saturated heterocycles. The number of rotatable bonds is 6. The van der Waals surface area contributed by atoms with E-state index in [9.17, 15) is 14.4 Å². The third kappa shape index (κ3) is 5.77. The van der Waals surface area contributed by atoms with Gasteiger partial charge in [0.25, 0.3) is 0 Å². The van der Waals surface area contributed by atoms with Gasteiger partial charge in [-0.25, -0.2) is 4.79 Å². The molecule has 0 unspecified atom stereocenters. The van der Waals surface area contributed by atoms with Gasteiger partial charge in [-0.05, 0) is 38.3 Å². The smallest absolute Gasteiger partial charge is 0.355 e. The normalized spacial score (nSPS) is 11.0. The molecule has 0 aliphatic heterocycles. The van der Waals surface area contributed by atoms with Crippen molar-refractivity contribution in [2.75, 3.05) is 14.2 Å². The van der Waals surface area contributed by atoms with Gasteiger partial charge in [-0.2, -0.15) is 0 Å². The first-order chi connectivity index (χ1) is 10.7. The molecule has 1 aromatic rings. The zero-order valence-corrected chi connectivity index (χ0v) is 14.1. The molecule has 1 rings (SSSR count). The van der Waals surface area contributed by atoms with Crippen LogP contribution in [0.5, 0.6) is 0 Å². The fourth-order valence-electron chi connectivity index (χ4n) is 1.99. The monoisotopic (exact) mass is 325 g/mol. The summed E-state index contributed by atoms with van der Waals surface area (Å²) in [5, 5.41) is 0. The topological polar surface area (TPSA) is 94.7 Å². The molecule has 0 bridgehead atoms. The molecule has 1 N–H and O–H groups in total. The number of ether oxygens (including phenoxy) is 3. The summed E-state index contributed by atoms with van der Waals surface area (Å²) < 4.78 is 14.6. The van der Waals surface area contributed by atoms with Crippen molar-refractivity contribution in [3.63, 3.8) is 0 Å². The Morgan fingerprint density at radius 3 is 2.22 bits per heavy atom. The average Bonchev–Trinajstić information content (AvgIpc) is 2.85. The summed E-state index contributed by atoms with van der Waals surface area (Å²) >= 11 is 0. The van der Waals surface area contributed by atoms with E-state index in [1.54, 1.807) is 27.0 Å². The van der Waals surface area contributed by atoms with Crippen LogP contribution in [0.3, 0.4) is 0 Å². The number of aromatic amines is 1. The van der Waals surface area contributed by atoms with Crippen LogP contribution < -0.4 is 0 Å². The molecule has 128 valence electrons.